The van der Waals surface area contributed by atoms with Crippen LogP contribution in [0.5, 0.6) is 0 Å². The Bertz CT molecular complexity index is 622. The molecule has 0 fully saturated rings. The van der Waals surface area contributed by atoms with E-state index in [2.05, 4.69) is 11.1 Å². The lowest BCUT2D eigenvalue weighted by Crippen LogP contribution is -2.17. The number of aliphatic carboxylic acids is 1. The van der Waals surface area contributed by atoms with E-state index in [9.17, 15) is 9.90 Å². The zero-order valence-electron chi connectivity index (χ0n) is 12.3. The topological polar surface area (TPSA) is 50.2 Å². The van der Waals surface area contributed by atoms with Gasteiger partial charge in [0.2, 0.25) is 0 Å². The number of aromatic nitrogens is 1. The molecule has 2 aromatic rings. The number of nitrogens with zero attached hydrogens (tertiary/aromatic N) is 1. The van der Waals surface area contributed by atoms with Gasteiger partial charge < -0.3 is 5.11 Å². The van der Waals surface area contributed by atoms with E-state index in [-0.39, 0.29) is 0 Å². The standard InChI is InChI=1S/C17H19NO2/c1-10-8-11(2)13(4)15(12(10)3)16(17(19)20)14-6-5-7-18-9-14/h5-9,16H,1-4H3,(H,19,20). The average molecular weight is 269 g/mol. The van der Waals surface area contributed by atoms with Crippen LogP contribution in [-0.4, -0.2) is 16.1 Å². The summed E-state index contributed by atoms with van der Waals surface area (Å²) in [6, 6.07) is 5.71. The van der Waals surface area contributed by atoms with Gasteiger partial charge >= 0.3 is 5.97 Å². The maximum Gasteiger partial charge on any atom is 0.315 e. The quantitative estimate of drug-likeness (QED) is 0.927. The summed E-state index contributed by atoms with van der Waals surface area (Å²) < 4.78 is 0. The molecule has 20 heavy (non-hydrogen) atoms. The van der Waals surface area contributed by atoms with Gasteiger partial charge in [-0.3, -0.25) is 9.78 Å². The molecular weight excluding hydrogens is 250 g/mol. The largest absolute Gasteiger partial charge is 0.481 e. The third-order valence-electron chi connectivity index (χ3n) is 3.98. The predicted octanol–water partition coefficient (Wildman–Crippen LogP) is 3.53. The lowest BCUT2D eigenvalue weighted by Gasteiger charge is -2.21. The molecule has 1 N–H and O–H groups in total. The fraction of sp³-hybridized carbons (Fsp3) is 0.294. The first-order valence-corrected chi connectivity index (χ1v) is 6.63. The minimum absolute atomic E-state index is 0.665. The number of benzene rings is 1. The molecule has 0 saturated carbocycles. The van der Waals surface area contributed by atoms with Crippen molar-refractivity contribution in [2.45, 2.75) is 33.6 Å². The molecule has 3 nitrogen and oxygen atoms in total. The highest BCUT2D eigenvalue weighted by molar-refractivity contribution is 5.81. The smallest absolute Gasteiger partial charge is 0.315 e. The van der Waals surface area contributed by atoms with Crippen LogP contribution in [0.15, 0.2) is 30.6 Å². The molecule has 1 unspecified atom stereocenters. The van der Waals surface area contributed by atoms with Gasteiger partial charge in [-0.2, -0.15) is 0 Å². The summed E-state index contributed by atoms with van der Waals surface area (Å²) in [6.07, 6.45) is 3.29. The van der Waals surface area contributed by atoms with E-state index in [1.165, 1.54) is 0 Å². The molecule has 2 rings (SSSR count). The summed E-state index contributed by atoms with van der Waals surface area (Å²) in [7, 11) is 0. The minimum Gasteiger partial charge on any atom is -0.481 e. The number of rotatable bonds is 3. The van der Waals surface area contributed by atoms with Crippen LogP contribution >= 0.6 is 0 Å². The second-order valence-corrected chi connectivity index (χ2v) is 5.23. The highest BCUT2D eigenvalue weighted by Gasteiger charge is 2.26. The van der Waals surface area contributed by atoms with Gasteiger partial charge in [-0.05, 0) is 67.1 Å². The summed E-state index contributed by atoms with van der Waals surface area (Å²) >= 11 is 0. The van der Waals surface area contributed by atoms with Gasteiger partial charge in [0, 0.05) is 12.4 Å². The van der Waals surface area contributed by atoms with Crippen molar-refractivity contribution < 1.29 is 9.90 Å². The van der Waals surface area contributed by atoms with Crippen LogP contribution in [0.1, 0.15) is 39.3 Å². The molecule has 1 atom stereocenters. The number of carboxylic acids is 1. The van der Waals surface area contributed by atoms with Crippen LogP contribution in [0.2, 0.25) is 0 Å². The Morgan fingerprint density at radius 3 is 2.20 bits per heavy atom. The predicted molar refractivity (Wildman–Crippen MR) is 79.1 cm³/mol. The van der Waals surface area contributed by atoms with E-state index in [0.717, 1.165) is 33.4 Å². The number of pyridine rings is 1. The summed E-state index contributed by atoms with van der Waals surface area (Å²) in [4.78, 5) is 15.9. The van der Waals surface area contributed by atoms with E-state index in [0.29, 0.717) is 0 Å². The second-order valence-electron chi connectivity index (χ2n) is 5.23. The molecule has 0 bridgehead atoms. The lowest BCUT2D eigenvalue weighted by atomic mass is 9.83. The fourth-order valence-corrected chi connectivity index (χ4v) is 2.66. The Balaban J connectivity index is 2.72. The van der Waals surface area contributed by atoms with Crippen LogP contribution in [-0.2, 0) is 4.79 Å². The molecule has 0 amide bonds. The van der Waals surface area contributed by atoms with E-state index in [1.807, 2.05) is 33.8 Å². The second kappa shape index (κ2) is 5.45. The maximum absolute atomic E-state index is 11.8. The van der Waals surface area contributed by atoms with Crippen molar-refractivity contribution in [1.82, 2.24) is 4.98 Å². The van der Waals surface area contributed by atoms with Gasteiger partial charge in [-0.15, -0.1) is 0 Å². The van der Waals surface area contributed by atoms with Crippen LogP contribution in [0, 0.1) is 27.7 Å². The van der Waals surface area contributed by atoms with Gasteiger partial charge in [-0.25, -0.2) is 0 Å². The first kappa shape index (κ1) is 14.3. The Labute approximate surface area is 119 Å². The Morgan fingerprint density at radius 1 is 1.15 bits per heavy atom. The third-order valence-corrected chi connectivity index (χ3v) is 3.98. The molecule has 0 aliphatic heterocycles. The van der Waals surface area contributed by atoms with E-state index >= 15 is 0 Å². The molecule has 1 aromatic carbocycles. The fourth-order valence-electron chi connectivity index (χ4n) is 2.66. The minimum atomic E-state index is -0.839. The molecule has 0 radical (unpaired) electrons. The highest BCUT2D eigenvalue weighted by Crippen LogP contribution is 2.33. The molecule has 3 heteroatoms. The van der Waals surface area contributed by atoms with Crippen LogP contribution in [0.4, 0.5) is 0 Å². The van der Waals surface area contributed by atoms with Crippen LogP contribution < -0.4 is 0 Å². The molecule has 0 aliphatic carbocycles. The van der Waals surface area contributed by atoms with Gasteiger partial charge in [0.25, 0.3) is 0 Å². The number of aryl methyl sites for hydroxylation is 2. The number of carbonyl (C=O) groups is 1. The molecule has 0 spiro atoms. The molecular formula is C17H19NO2. The summed E-state index contributed by atoms with van der Waals surface area (Å²) in [5.41, 5.74) is 5.95. The molecule has 1 heterocycles. The first-order chi connectivity index (χ1) is 9.43. The lowest BCUT2D eigenvalue weighted by molar-refractivity contribution is -0.137. The van der Waals surface area contributed by atoms with E-state index in [1.54, 1.807) is 18.5 Å². The van der Waals surface area contributed by atoms with Gasteiger partial charge in [-0.1, -0.05) is 12.1 Å². The number of hydrogen-bond donors (Lipinski definition) is 1. The third kappa shape index (κ3) is 2.44. The number of carboxylic acid groups (broad SMARTS) is 1. The zero-order chi connectivity index (χ0) is 14.9. The van der Waals surface area contributed by atoms with Crippen molar-refractivity contribution in [2.24, 2.45) is 0 Å². The van der Waals surface area contributed by atoms with Crippen molar-refractivity contribution in [2.75, 3.05) is 0 Å². The highest BCUT2D eigenvalue weighted by atomic mass is 16.4. The molecule has 1 aromatic heterocycles. The molecule has 104 valence electrons. The van der Waals surface area contributed by atoms with Gasteiger partial charge in [0.1, 0.15) is 5.92 Å². The molecule has 0 saturated heterocycles. The zero-order valence-corrected chi connectivity index (χ0v) is 12.3. The van der Waals surface area contributed by atoms with Crippen molar-refractivity contribution in [1.29, 1.82) is 0 Å². The normalized spacial score (nSPS) is 12.2. The van der Waals surface area contributed by atoms with Crippen molar-refractivity contribution in [3.63, 3.8) is 0 Å². The van der Waals surface area contributed by atoms with E-state index in [4.69, 9.17) is 0 Å². The molecule has 0 aliphatic rings. The van der Waals surface area contributed by atoms with Crippen molar-refractivity contribution in [3.8, 4) is 0 Å². The van der Waals surface area contributed by atoms with E-state index < -0.39 is 11.9 Å². The van der Waals surface area contributed by atoms with Crippen molar-refractivity contribution >= 4 is 5.97 Å². The Morgan fingerprint density at radius 2 is 1.75 bits per heavy atom. The summed E-state index contributed by atoms with van der Waals surface area (Å²) in [5, 5.41) is 9.68. The van der Waals surface area contributed by atoms with Crippen LogP contribution in [0.25, 0.3) is 0 Å². The first-order valence-electron chi connectivity index (χ1n) is 6.63. The Kier molecular flexibility index (Phi) is 3.89. The average Bonchev–Trinajstić information content (AvgIpc) is 2.42. The monoisotopic (exact) mass is 269 g/mol. The Hall–Kier alpha value is -2.16. The van der Waals surface area contributed by atoms with Gasteiger partial charge in [0.05, 0.1) is 0 Å². The SMILES string of the molecule is Cc1cc(C)c(C)c(C(C(=O)O)c2cccnc2)c1C. The summed E-state index contributed by atoms with van der Waals surface area (Å²) in [6.45, 7) is 8.02. The van der Waals surface area contributed by atoms with Crippen LogP contribution in [0.3, 0.4) is 0 Å². The maximum atomic E-state index is 11.8. The van der Waals surface area contributed by atoms with Crippen molar-refractivity contribution in [3.05, 3.63) is 64.0 Å². The van der Waals surface area contributed by atoms with Gasteiger partial charge in [0.15, 0.2) is 0 Å². The summed E-state index contributed by atoms with van der Waals surface area (Å²) in [5.74, 6) is -1.50. The number of hydrogen-bond acceptors (Lipinski definition) is 2.